The maximum atomic E-state index is 5.84. The Balaban J connectivity index is 2.43. The van der Waals surface area contributed by atoms with E-state index in [0.29, 0.717) is 0 Å². The quantitative estimate of drug-likeness (QED) is 0.820. The normalized spacial score (nSPS) is 10.7. The van der Waals surface area contributed by atoms with Gasteiger partial charge in [-0.1, -0.05) is 0 Å². The fourth-order valence-electron chi connectivity index (χ4n) is 1.31. The van der Waals surface area contributed by atoms with Gasteiger partial charge in [-0.25, -0.2) is 4.98 Å². The molecule has 74 valence electrons. The molecule has 2 rings (SSSR count). The first-order valence-electron chi connectivity index (χ1n) is 4.46. The number of nitrogens with zero attached hydrogens (tertiary/aromatic N) is 3. The van der Waals surface area contributed by atoms with Crippen LogP contribution in [0.5, 0.6) is 0 Å². The average molecular weight is 208 g/mol. The minimum absolute atomic E-state index is 0.762. The molecule has 2 N–H and O–H groups in total. The molecule has 0 saturated carbocycles. The lowest BCUT2D eigenvalue weighted by atomic mass is 10.3. The molecule has 0 atom stereocenters. The monoisotopic (exact) mass is 208 g/mol. The van der Waals surface area contributed by atoms with Crippen molar-refractivity contribution < 1.29 is 0 Å². The second-order valence-electron chi connectivity index (χ2n) is 3.03. The lowest BCUT2D eigenvalue weighted by molar-refractivity contribution is 0.660. The Morgan fingerprint density at radius 2 is 2.36 bits per heavy atom. The van der Waals surface area contributed by atoms with E-state index in [9.17, 15) is 0 Å². The van der Waals surface area contributed by atoms with Gasteiger partial charge < -0.3 is 5.73 Å². The van der Waals surface area contributed by atoms with E-state index >= 15 is 0 Å². The molecule has 2 heterocycles. The Labute approximate surface area is 86.4 Å². The fraction of sp³-hybridized carbons (Fsp3) is 0.333. The summed E-state index contributed by atoms with van der Waals surface area (Å²) in [6, 6.07) is 0. The molecule has 0 spiro atoms. The molecule has 5 heteroatoms. The molecule has 0 aromatic carbocycles. The predicted molar refractivity (Wildman–Crippen MR) is 58.2 cm³/mol. The van der Waals surface area contributed by atoms with Crippen molar-refractivity contribution in [3.63, 3.8) is 0 Å². The zero-order valence-electron chi connectivity index (χ0n) is 8.19. The van der Waals surface area contributed by atoms with Crippen LogP contribution in [-0.2, 0) is 6.54 Å². The smallest absolute Gasteiger partial charge is 0.114 e. The number of hydrogen-bond donors (Lipinski definition) is 1. The van der Waals surface area contributed by atoms with Crippen LogP contribution in [-0.4, -0.2) is 14.8 Å². The first-order chi connectivity index (χ1) is 6.70. The fourth-order valence-corrected chi connectivity index (χ4v) is 2.02. The summed E-state index contributed by atoms with van der Waals surface area (Å²) in [6.45, 7) is 4.87. The molecular weight excluding hydrogens is 196 g/mol. The molecule has 0 bridgehead atoms. The molecule has 0 radical (unpaired) electrons. The predicted octanol–water partition coefficient (Wildman–Crippen LogP) is 1.92. The second kappa shape index (κ2) is 3.42. The van der Waals surface area contributed by atoms with Crippen molar-refractivity contribution in [2.24, 2.45) is 0 Å². The largest absolute Gasteiger partial charge is 0.389 e. The Morgan fingerprint density at radius 3 is 2.86 bits per heavy atom. The number of aryl methyl sites for hydroxylation is 2. The van der Waals surface area contributed by atoms with Gasteiger partial charge in [-0.3, -0.25) is 4.68 Å². The third-order valence-corrected chi connectivity index (χ3v) is 2.79. The van der Waals surface area contributed by atoms with Crippen LogP contribution >= 0.6 is 11.3 Å². The van der Waals surface area contributed by atoms with Gasteiger partial charge in [0.2, 0.25) is 0 Å². The first kappa shape index (κ1) is 9.21. The van der Waals surface area contributed by atoms with Crippen LogP contribution in [0, 0.1) is 6.92 Å². The maximum Gasteiger partial charge on any atom is 0.114 e. The Kier molecular flexibility index (Phi) is 2.25. The van der Waals surface area contributed by atoms with E-state index in [-0.39, 0.29) is 0 Å². The molecule has 2 aromatic rings. The Morgan fingerprint density at radius 1 is 1.57 bits per heavy atom. The van der Waals surface area contributed by atoms with Gasteiger partial charge in [-0.15, -0.1) is 11.3 Å². The highest BCUT2D eigenvalue weighted by molar-refractivity contribution is 7.16. The van der Waals surface area contributed by atoms with Gasteiger partial charge >= 0.3 is 0 Å². The van der Waals surface area contributed by atoms with Gasteiger partial charge in [-0.2, -0.15) is 5.10 Å². The van der Waals surface area contributed by atoms with E-state index in [1.54, 1.807) is 6.20 Å². The van der Waals surface area contributed by atoms with Crippen molar-refractivity contribution in [2.45, 2.75) is 20.4 Å². The summed E-state index contributed by atoms with van der Waals surface area (Å²) in [5.41, 5.74) is 7.69. The van der Waals surface area contributed by atoms with Gasteiger partial charge in [0.15, 0.2) is 0 Å². The standard InChI is InChI=1S/C9H12N4S/c1-3-13-5-7(4-11-13)8-9(10)14-6(2)12-8/h4-5H,3,10H2,1-2H3. The van der Waals surface area contributed by atoms with Crippen LogP contribution < -0.4 is 5.73 Å². The minimum atomic E-state index is 0.762. The zero-order chi connectivity index (χ0) is 10.1. The summed E-state index contributed by atoms with van der Waals surface area (Å²) < 4.78 is 1.86. The van der Waals surface area contributed by atoms with Crippen molar-refractivity contribution >= 4 is 16.3 Å². The van der Waals surface area contributed by atoms with E-state index in [1.807, 2.05) is 24.7 Å². The second-order valence-corrected chi connectivity index (χ2v) is 4.27. The number of nitrogens with two attached hydrogens (primary N) is 1. The molecule has 0 saturated heterocycles. The highest BCUT2D eigenvalue weighted by atomic mass is 32.1. The van der Waals surface area contributed by atoms with Gasteiger partial charge in [0.05, 0.1) is 11.2 Å². The summed E-state index contributed by atoms with van der Waals surface area (Å²) in [7, 11) is 0. The van der Waals surface area contributed by atoms with Crippen LogP contribution in [0.4, 0.5) is 5.00 Å². The van der Waals surface area contributed by atoms with Crippen molar-refractivity contribution in [2.75, 3.05) is 5.73 Å². The number of aromatic nitrogens is 3. The Hall–Kier alpha value is -1.36. The molecule has 0 aliphatic rings. The molecule has 14 heavy (non-hydrogen) atoms. The van der Waals surface area contributed by atoms with Crippen molar-refractivity contribution in [1.29, 1.82) is 0 Å². The lowest BCUT2D eigenvalue weighted by Gasteiger charge is -1.92. The van der Waals surface area contributed by atoms with Gasteiger partial charge in [0.25, 0.3) is 0 Å². The third kappa shape index (κ3) is 1.50. The number of rotatable bonds is 2. The summed E-state index contributed by atoms with van der Waals surface area (Å²) in [5.74, 6) is 0. The third-order valence-electron chi connectivity index (χ3n) is 1.99. The highest BCUT2D eigenvalue weighted by Crippen LogP contribution is 2.29. The van der Waals surface area contributed by atoms with E-state index in [2.05, 4.69) is 10.1 Å². The molecular formula is C9H12N4S. The molecule has 0 aliphatic carbocycles. The van der Waals surface area contributed by atoms with Crippen LogP contribution in [0.1, 0.15) is 11.9 Å². The number of nitrogen functional groups attached to an aromatic ring is 1. The van der Waals surface area contributed by atoms with Gasteiger partial charge in [0, 0.05) is 18.3 Å². The van der Waals surface area contributed by atoms with Crippen molar-refractivity contribution in [1.82, 2.24) is 14.8 Å². The van der Waals surface area contributed by atoms with E-state index in [0.717, 1.165) is 27.8 Å². The van der Waals surface area contributed by atoms with Gasteiger partial charge in [0.1, 0.15) is 10.7 Å². The van der Waals surface area contributed by atoms with Crippen LogP contribution in [0.2, 0.25) is 0 Å². The minimum Gasteiger partial charge on any atom is -0.389 e. The van der Waals surface area contributed by atoms with E-state index < -0.39 is 0 Å². The zero-order valence-corrected chi connectivity index (χ0v) is 9.01. The van der Waals surface area contributed by atoms with Crippen molar-refractivity contribution in [3.8, 4) is 11.3 Å². The van der Waals surface area contributed by atoms with Crippen LogP contribution in [0.3, 0.4) is 0 Å². The highest BCUT2D eigenvalue weighted by Gasteiger charge is 2.09. The molecule has 0 aliphatic heterocycles. The number of hydrogen-bond acceptors (Lipinski definition) is 4. The number of thiazole rings is 1. The van der Waals surface area contributed by atoms with E-state index in [1.165, 1.54) is 11.3 Å². The summed E-state index contributed by atoms with van der Waals surface area (Å²) in [4.78, 5) is 4.37. The summed E-state index contributed by atoms with van der Waals surface area (Å²) in [6.07, 6.45) is 3.76. The summed E-state index contributed by atoms with van der Waals surface area (Å²) >= 11 is 1.51. The maximum absolute atomic E-state index is 5.84. The Bertz CT molecular complexity index is 443. The van der Waals surface area contributed by atoms with Crippen LogP contribution in [0.15, 0.2) is 12.4 Å². The summed E-state index contributed by atoms with van der Waals surface area (Å²) in [5, 5.41) is 5.94. The molecule has 0 unspecified atom stereocenters. The number of anilines is 1. The van der Waals surface area contributed by atoms with Crippen molar-refractivity contribution in [3.05, 3.63) is 17.4 Å². The van der Waals surface area contributed by atoms with E-state index in [4.69, 9.17) is 5.73 Å². The molecule has 0 fully saturated rings. The van der Waals surface area contributed by atoms with Gasteiger partial charge in [-0.05, 0) is 13.8 Å². The molecule has 4 nitrogen and oxygen atoms in total. The SMILES string of the molecule is CCn1cc(-c2nc(C)sc2N)cn1. The lowest BCUT2D eigenvalue weighted by Crippen LogP contribution is -1.92. The first-order valence-corrected chi connectivity index (χ1v) is 5.28. The average Bonchev–Trinajstić information content (AvgIpc) is 2.71. The van der Waals surface area contributed by atoms with Crippen LogP contribution in [0.25, 0.3) is 11.3 Å². The molecule has 0 amide bonds. The topological polar surface area (TPSA) is 56.7 Å². The molecule has 2 aromatic heterocycles.